The predicted octanol–water partition coefficient (Wildman–Crippen LogP) is 3.24. The zero-order chi connectivity index (χ0) is 18.3. The molecule has 2 heterocycles. The maximum absolute atomic E-state index is 13.3. The van der Waals surface area contributed by atoms with Crippen LogP contribution in [0.2, 0.25) is 0 Å². The highest BCUT2D eigenvalue weighted by molar-refractivity contribution is 5.77. The summed E-state index contributed by atoms with van der Waals surface area (Å²) in [6.45, 7) is 2.00. The first-order chi connectivity index (χ1) is 12.6. The Morgan fingerprint density at radius 2 is 1.69 bits per heavy atom. The molecule has 130 valence electrons. The van der Waals surface area contributed by atoms with E-state index in [2.05, 4.69) is 0 Å². The maximum Gasteiger partial charge on any atom is 0.338 e. The van der Waals surface area contributed by atoms with Crippen molar-refractivity contribution in [1.29, 1.82) is 0 Å². The van der Waals surface area contributed by atoms with Crippen LogP contribution < -0.4 is 11.2 Å². The van der Waals surface area contributed by atoms with Crippen LogP contribution in [0.5, 0.6) is 0 Å². The van der Waals surface area contributed by atoms with Crippen molar-refractivity contribution < 1.29 is 8.81 Å². The van der Waals surface area contributed by atoms with Crippen LogP contribution in [0, 0.1) is 12.7 Å². The van der Waals surface area contributed by atoms with Gasteiger partial charge in [0.1, 0.15) is 11.2 Å². The van der Waals surface area contributed by atoms with Crippen molar-refractivity contribution in [1.82, 2.24) is 9.13 Å². The van der Waals surface area contributed by atoms with E-state index in [0.717, 1.165) is 10.1 Å². The van der Waals surface area contributed by atoms with Crippen LogP contribution in [0.25, 0.3) is 16.8 Å². The Balaban J connectivity index is 2.04. The Morgan fingerprint density at radius 1 is 1.00 bits per heavy atom. The van der Waals surface area contributed by atoms with Gasteiger partial charge in [-0.3, -0.25) is 9.36 Å². The van der Waals surface area contributed by atoms with Crippen molar-refractivity contribution in [2.75, 3.05) is 0 Å². The molecule has 0 unspecified atom stereocenters. The van der Waals surface area contributed by atoms with Gasteiger partial charge in [0.05, 0.1) is 18.5 Å². The molecule has 0 atom stereocenters. The highest BCUT2D eigenvalue weighted by Crippen LogP contribution is 2.17. The molecule has 26 heavy (non-hydrogen) atoms. The lowest BCUT2D eigenvalue weighted by Gasteiger charge is -2.11. The summed E-state index contributed by atoms with van der Waals surface area (Å²) in [6.07, 6.45) is 1.46. The fourth-order valence-electron chi connectivity index (χ4n) is 3.02. The molecule has 0 saturated carbocycles. The molecule has 4 aromatic rings. The van der Waals surface area contributed by atoms with Gasteiger partial charge < -0.3 is 4.42 Å². The second kappa shape index (κ2) is 6.15. The van der Waals surface area contributed by atoms with Gasteiger partial charge in [0.2, 0.25) is 5.71 Å². The SMILES string of the molecule is Cc1coc2c1c(=O)n(-c1ccc(F)cc1)c(=O)n2Cc1ccccc1. The number of nitrogens with zero attached hydrogens (tertiary/aromatic N) is 2. The standard InChI is InChI=1S/C20H15FN2O3/c1-13-12-26-19-17(13)18(24)23(16-9-7-15(21)8-10-16)20(25)22(19)11-14-5-3-2-4-6-14/h2-10,12H,11H2,1H3. The fourth-order valence-corrected chi connectivity index (χ4v) is 3.02. The van der Waals surface area contributed by atoms with Crippen molar-refractivity contribution >= 4 is 11.1 Å². The van der Waals surface area contributed by atoms with Crippen LogP contribution in [0.4, 0.5) is 4.39 Å². The number of benzene rings is 2. The van der Waals surface area contributed by atoms with E-state index >= 15 is 0 Å². The Hall–Kier alpha value is -3.41. The molecule has 2 aromatic heterocycles. The molecular weight excluding hydrogens is 335 g/mol. The van der Waals surface area contributed by atoms with Gasteiger partial charge in [-0.2, -0.15) is 0 Å². The molecule has 0 aliphatic rings. The lowest BCUT2D eigenvalue weighted by Crippen LogP contribution is -2.39. The maximum atomic E-state index is 13.3. The fraction of sp³-hybridized carbons (Fsp3) is 0.100. The smallest absolute Gasteiger partial charge is 0.338 e. The lowest BCUT2D eigenvalue weighted by molar-refractivity contribution is 0.554. The van der Waals surface area contributed by atoms with E-state index < -0.39 is 17.1 Å². The summed E-state index contributed by atoms with van der Waals surface area (Å²) < 4.78 is 21.2. The van der Waals surface area contributed by atoms with Gasteiger partial charge >= 0.3 is 5.69 Å². The minimum absolute atomic E-state index is 0.236. The molecular formula is C20H15FN2O3. The van der Waals surface area contributed by atoms with Crippen molar-refractivity contribution in [2.45, 2.75) is 13.5 Å². The number of furan rings is 1. The van der Waals surface area contributed by atoms with E-state index in [9.17, 15) is 14.0 Å². The van der Waals surface area contributed by atoms with Crippen molar-refractivity contribution in [3.63, 3.8) is 0 Å². The van der Waals surface area contributed by atoms with Crippen LogP contribution in [-0.2, 0) is 6.54 Å². The highest BCUT2D eigenvalue weighted by Gasteiger charge is 2.19. The van der Waals surface area contributed by atoms with Gasteiger partial charge in [0, 0.05) is 5.56 Å². The van der Waals surface area contributed by atoms with E-state index in [4.69, 9.17) is 4.42 Å². The van der Waals surface area contributed by atoms with Gasteiger partial charge in [-0.1, -0.05) is 30.3 Å². The summed E-state index contributed by atoms with van der Waals surface area (Å²) in [4.78, 5) is 26.0. The molecule has 0 spiro atoms. The molecule has 0 saturated heterocycles. The van der Waals surface area contributed by atoms with Crippen LogP contribution >= 0.6 is 0 Å². The van der Waals surface area contributed by atoms with E-state index in [1.165, 1.54) is 35.1 Å². The van der Waals surface area contributed by atoms with Gasteiger partial charge in [0.25, 0.3) is 5.56 Å². The molecule has 0 bridgehead atoms. The summed E-state index contributed by atoms with van der Waals surface area (Å²) in [7, 11) is 0. The number of fused-ring (bicyclic) bond motifs is 1. The van der Waals surface area contributed by atoms with Gasteiger partial charge in [-0.05, 0) is 36.8 Å². The lowest BCUT2D eigenvalue weighted by atomic mass is 10.2. The Kier molecular flexibility index (Phi) is 3.80. The summed E-state index contributed by atoms with van der Waals surface area (Å²) in [5.74, 6) is -0.438. The minimum atomic E-state index is -0.535. The largest absolute Gasteiger partial charge is 0.447 e. The van der Waals surface area contributed by atoms with Crippen LogP contribution in [0.15, 0.2) is 74.9 Å². The first-order valence-corrected chi connectivity index (χ1v) is 8.10. The first kappa shape index (κ1) is 16.1. The van der Waals surface area contributed by atoms with Gasteiger partial charge in [0.15, 0.2) is 0 Å². The minimum Gasteiger partial charge on any atom is -0.447 e. The average molecular weight is 350 g/mol. The summed E-state index contributed by atoms with van der Waals surface area (Å²) in [6, 6.07) is 14.7. The Bertz CT molecular complexity index is 1200. The zero-order valence-electron chi connectivity index (χ0n) is 14.0. The number of hydrogen-bond donors (Lipinski definition) is 0. The third kappa shape index (κ3) is 2.56. The van der Waals surface area contributed by atoms with Crippen LogP contribution in [0.1, 0.15) is 11.1 Å². The van der Waals surface area contributed by atoms with E-state index in [0.29, 0.717) is 16.6 Å². The number of rotatable bonds is 3. The van der Waals surface area contributed by atoms with E-state index in [1.807, 2.05) is 30.3 Å². The molecule has 0 amide bonds. The molecule has 0 aliphatic heterocycles. The molecule has 4 rings (SSSR count). The third-order valence-corrected chi connectivity index (χ3v) is 4.31. The first-order valence-electron chi connectivity index (χ1n) is 8.10. The molecule has 0 N–H and O–H groups in total. The third-order valence-electron chi connectivity index (χ3n) is 4.31. The molecule has 0 aliphatic carbocycles. The summed E-state index contributed by atoms with van der Waals surface area (Å²) >= 11 is 0. The number of aromatic nitrogens is 2. The highest BCUT2D eigenvalue weighted by atomic mass is 19.1. The second-order valence-electron chi connectivity index (χ2n) is 6.07. The molecule has 0 fully saturated rings. The van der Waals surface area contributed by atoms with Gasteiger partial charge in [-0.25, -0.2) is 13.8 Å². The predicted molar refractivity (Wildman–Crippen MR) is 96.3 cm³/mol. The topological polar surface area (TPSA) is 57.1 Å². The normalized spacial score (nSPS) is 11.2. The zero-order valence-corrected chi connectivity index (χ0v) is 14.0. The summed E-state index contributed by atoms with van der Waals surface area (Å²) in [5.41, 5.74) is 1.07. The quantitative estimate of drug-likeness (QED) is 0.570. The van der Waals surface area contributed by atoms with Crippen LogP contribution in [-0.4, -0.2) is 9.13 Å². The molecule has 5 nitrogen and oxygen atoms in total. The van der Waals surface area contributed by atoms with Gasteiger partial charge in [-0.15, -0.1) is 0 Å². The molecule has 2 aromatic carbocycles. The van der Waals surface area contributed by atoms with E-state index in [1.54, 1.807) is 6.92 Å². The number of halogens is 1. The molecule has 6 heteroatoms. The summed E-state index contributed by atoms with van der Waals surface area (Å²) in [5, 5.41) is 0.338. The van der Waals surface area contributed by atoms with Crippen molar-refractivity contribution in [3.8, 4) is 5.69 Å². The van der Waals surface area contributed by atoms with E-state index in [-0.39, 0.29) is 12.3 Å². The Morgan fingerprint density at radius 3 is 2.38 bits per heavy atom. The average Bonchev–Trinajstić information content (AvgIpc) is 3.03. The molecule has 0 radical (unpaired) electrons. The van der Waals surface area contributed by atoms with Crippen molar-refractivity contribution in [2.24, 2.45) is 0 Å². The van der Waals surface area contributed by atoms with Crippen molar-refractivity contribution in [3.05, 3.63) is 98.6 Å². The number of hydrogen-bond acceptors (Lipinski definition) is 3. The number of aryl methyl sites for hydroxylation is 1. The second-order valence-corrected chi connectivity index (χ2v) is 6.07. The Labute approximate surface area is 147 Å². The monoisotopic (exact) mass is 350 g/mol. The van der Waals surface area contributed by atoms with Crippen LogP contribution in [0.3, 0.4) is 0 Å².